The Labute approximate surface area is 182 Å². The van der Waals surface area contributed by atoms with Crippen molar-refractivity contribution >= 4 is 29.4 Å². The van der Waals surface area contributed by atoms with E-state index in [0.29, 0.717) is 17.8 Å². The van der Waals surface area contributed by atoms with Crippen LogP contribution in [0.15, 0.2) is 24.3 Å². The molecule has 3 aliphatic rings. The van der Waals surface area contributed by atoms with Crippen LogP contribution in [0.5, 0.6) is 0 Å². The Balaban J connectivity index is 1.44. The SMILES string of the molecule is CCOC(=O)c1ccc(N2C(=O)C[C@@H]([NH+]3CCC[C@H](C(=O)N4CCCC4)C3)C2=O)cc1. The molecule has 3 fully saturated rings. The van der Waals surface area contributed by atoms with Gasteiger partial charge in [0, 0.05) is 13.1 Å². The second-order valence-corrected chi connectivity index (χ2v) is 8.58. The minimum Gasteiger partial charge on any atom is -0.462 e. The Hall–Kier alpha value is -2.74. The third-order valence-electron chi connectivity index (χ3n) is 6.60. The van der Waals surface area contributed by atoms with Gasteiger partial charge >= 0.3 is 5.97 Å². The normalized spacial score (nSPS) is 26.4. The number of nitrogens with one attached hydrogen (secondary N) is 1. The zero-order valence-corrected chi connectivity index (χ0v) is 18.0. The number of rotatable bonds is 5. The van der Waals surface area contributed by atoms with Crippen LogP contribution in [0.25, 0.3) is 0 Å². The summed E-state index contributed by atoms with van der Waals surface area (Å²) < 4.78 is 4.98. The fourth-order valence-corrected chi connectivity index (χ4v) is 5.00. The molecular weight excluding hydrogens is 398 g/mol. The number of carbonyl (C=O) groups is 4. The van der Waals surface area contributed by atoms with E-state index in [1.165, 1.54) is 4.90 Å². The van der Waals surface area contributed by atoms with Gasteiger partial charge in [-0.3, -0.25) is 14.4 Å². The predicted molar refractivity (Wildman–Crippen MR) is 113 cm³/mol. The summed E-state index contributed by atoms with van der Waals surface area (Å²) in [5, 5.41) is 0. The van der Waals surface area contributed by atoms with Crippen molar-refractivity contribution in [1.82, 2.24) is 4.90 Å². The number of benzene rings is 1. The van der Waals surface area contributed by atoms with E-state index in [-0.39, 0.29) is 36.7 Å². The number of carbonyl (C=O) groups excluding carboxylic acids is 4. The zero-order valence-electron chi connectivity index (χ0n) is 18.0. The van der Waals surface area contributed by atoms with Crippen LogP contribution >= 0.6 is 0 Å². The van der Waals surface area contributed by atoms with E-state index in [9.17, 15) is 19.2 Å². The minimum atomic E-state index is -0.452. The van der Waals surface area contributed by atoms with Crippen molar-refractivity contribution in [2.24, 2.45) is 5.92 Å². The molecular formula is C23H30N3O5+. The lowest BCUT2D eigenvalue weighted by molar-refractivity contribution is -0.922. The first-order valence-corrected chi connectivity index (χ1v) is 11.3. The highest BCUT2D eigenvalue weighted by Gasteiger charge is 2.47. The van der Waals surface area contributed by atoms with Crippen LogP contribution in [0.2, 0.25) is 0 Å². The number of imide groups is 1. The summed E-state index contributed by atoms with van der Waals surface area (Å²) in [6.45, 7) is 5.09. The molecule has 1 aromatic rings. The quantitative estimate of drug-likeness (QED) is 0.542. The third-order valence-corrected chi connectivity index (χ3v) is 6.60. The summed E-state index contributed by atoms with van der Waals surface area (Å²) in [6.07, 6.45) is 4.01. The van der Waals surface area contributed by atoms with Gasteiger partial charge in [-0.05, 0) is 56.9 Å². The van der Waals surface area contributed by atoms with Crippen LogP contribution in [0.3, 0.4) is 0 Å². The van der Waals surface area contributed by atoms with Crippen molar-refractivity contribution < 1.29 is 28.8 Å². The molecule has 8 heteroatoms. The van der Waals surface area contributed by atoms with Gasteiger partial charge in [0.15, 0.2) is 6.04 Å². The van der Waals surface area contributed by atoms with Crippen molar-refractivity contribution in [2.45, 2.75) is 45.1 Å². The van der Waals surface area contributed by atoms with E-state index in [2.05, 4.69) is 0 Å². The van der Waals surface area contributed by atoms with Gasteiger partial charge in [-0.2, -0.15) is 0 Å². The second kappa shape index (κ2) is 9.18. The Morgan fingerprint density at radius 2 is 1.81 bits per heavy atom. The highest BCUT2D eigenvalue weighted by molar-refractivity contribution is 6.22. The maximum atomic E-state index is 13.2. The number of quaternary nitrogens is 1. The highest BCUT2D eigenvalue weighted by Crippen LogP contribution is 2.24. The zero-order chi connectivity index (χ0) is 22.0. The van der Waals surface area contributed by atoms with Crippen molar-refractivity contribution in [3.8, 4) is 0 Å². The average Bonchev–Trinajstić information content (AvgIpc) is 3.42. The van der Waals surface area contributed by atoms with Crippen molar-refractivity contribution in [2.75, 3.05) is 37.7 Å². The summed E-state index contributed by atoms with van der Waals surface area (Å²) in [5.74, 6) is -0.754. The van der Waals surface area contributed by atoms with Crippen LogP contribution in [-0.2, 0) is 19.1 Å². The molecule has 1 N–H and O–H groups in total. The van der Waals surface area contributed by atoms with Crippen LogP contribution in [0, 0.1) is 5.92 Å². The molecule has 0 aliphatic carbocycles. The summed E-state index contributed by atoms with van der Waals surface area (Å²) in [5.41, 5.74) is 0.845. The standard InChI is InChI=1S/C23H29N3O5/c1-2-31-23(30)16-7-9-18(10-8-16)26-20(27)14-19(22(26)29)25-13-5-6-17(15-25)21(28)24-11-3-4-12-24/h7-10,17,19H,2-6,11-15H2,1H3/p+1/t17-,19+/m0/s1. The summed E-state index contributed by atoms with van der Waals surface area (Å²) in [7, 11) is 0. The maximum Gasteiger partial charge on any atom is 0.338 e. The van der Waals surface area contributed by atoms with Gasteiger partial charge in [0.05, 0.1) is 43.3 Å². The third kappa shape index (κ3) is 4.35. The fraction of sp³-hybridized carbons (Fsp3) is 0.565. The van der Waals surface area contributed by atoms with Gasteiger partial charge < -0.3 is 14.5 Å². The molecule has 4 rings (SSSR count). The molecule has 0 spiro atoms. The van der Waals surface area contributed by atoms with Crippen LogP contribution in [0.4, 0.5) is 5.69 Å². The topological polar surface area (TPSA) is 88.4 Å². The molecule has 0 radical (unpaired) electrons. The average molecular weight is 429 g/mol. The number of anilines is 1. The first kappa shape index (κ1) is 21.5. The molecule has 3 aliphatic heterocycles. The number of likely N-dealkylation sites (tertiary alicyclic amines) is 2. The van der Waals surface area contributed by atoms with Gasteiger partial charge in [-0.25, -0.2) is 9.69 Å². The lowest BCUT2D eigenvalue weighted by Crippen LogP contribution is -3.18. The molecule has 3 atom stereocenters. The van der Waals surface area contributed by atoms with Crippen LogP contribution in [-0.4, -0.2) is 67.4 Å². The molecule has 0 aromatic heterocycles. The van der Waals surface area contributed by atoms with Crippen molar-refractivity contribution in [3.63, 3.8) is 0 Å². The van der Waals surface area contributed by atoms with Crippen molar-refractivity contribution in [3.05, 3.63) is 29.8 Å². The monoisotopic (exact) mass is 428 g/mol. The molecule has 166 valence electrons. The smallest absolute Gasteiger partial charge is 0.338 e. The number of amides is 3. The number of nitrogens with zero attached hydrogens (tertiary/aromatic N) is 2. The summed E-state index contributed by atoms with van der Waals surface area (Å²) in [6, 6.07) is 5.90. The number of hydrogen-bond acceptors (Lipinski definition) is 5. The van der Waals surface area contributed by atoms with Gasteiger partial charge in [0.2, 0.25) is 11.8 Å². The molecule has 1 unspecified atom stereocenters. The predicted octanol–water partition coefficient (Wildman–Crippen LogP) is 0.413. The number of piperidine rings is 1. The van der Waals surface area contributed by atoms with Gasteiger partial charge in [0.25, 0.3) is 5.91 Å². The molecule has 1 aromatic carbocycles. The van der Waals surface area contributed by atoms with Gasteiger partial charge in [-0.15, -0.1) is 0 Å². The Kier molecular flexibility index (Phi) is 6.36. The van der Waals surface area contributed by atoms with E-state index in [1.807, 2.05) is 4.90 Å². The van der Waals surface area contributed by atoms with Gasteiger partial charge in [-0.1, -0.05) is 0 Å². The largest absolute Gasteiger partial charge is 0.462 e. The summed E-state index contributed by atoms with van der Waals surface area (Å²) in [4.78, 5) is 54.8. The highest BCUT2D eigenvalue weighted by atomic mass is 16.5. The summed E-state index contributed by atoms with van der Waals surface area (Å²) >= 11 is 0. The first-order chi connectivity index (χ1) is 15.0. The minimum absolute atomic E-state index is 0.0670. The van der Waals surface area contributed by atoms with E-state index in [0.717, 1.165) is 50.2 Å². The molecule has 3 amide bonds. The molecule has 31 heavy (non-hydrogen) atoms. The Morgan fingerprint density at radius 1 is 1.10 bits per heavy atom. The Bertz CT molecular complexity index is 862. The van der Waals surface area contributed by atoms with Crippen LogP contribution in [0.1, 0.15) is 49.4 Å². The first-order valence-electron chi connectivity index (χ1n) is 11.3. The lowest BCUT2D eigenvalue weighted by atomic mass is 9.95. The van der Waals surface area contributed by atoms with E-state index in [4.69, 9.17) is 4.74 Å². The van der Waals surface area contributed by atoms with Gasteiger partial charge in [0.1, 0.15) is 0 Å². The van der Waals surface area contributed by atoms with E-state index in [1.54, 1.807) is 31.2 Å². The Morgan fingerprint density at radius 3 is 2.48 bits per heavy atom. The lowest BCUT2D eigenvalue weighted by Gasteiger charge is -2.33. The molecule has 0 saturated carbocycles. The number of esters is 1. The number of ether oxygens (including phenoxy) is 1. The maximum absolute atomic E-state index is 13.2. The second-order valence-electron chi connectivity index (χ2n) is 8.58. The van der Waals surface area contributed by atoms with Crippen molar-refractivity contribution in [1.29, 1.82) is 0 Å². The number of hydrogen-bond donors (Lipinski definition) is 1. The van der Waals surface area contributed by atoms with Crippen LogP contribution < -0.4 is 9.80 Å². The fourth-order valence-electron chi connectivity index (χ4n) is 5.00. The molecule has 3 heterocycles. The van der Waals surface area contributed by atoms with E-state index >= 15 is 0 Å². The molecule has 8 nitrogen and oxygen atoms in total. The van der Waals surface area contributed by atoms with E-state index < -0.39 is 12.0 Å². The molecule has 0 bridgehead atoms. The molecule has 3 saturated heterocycles.